The van der Waals surface area contributed by atoms with E-state index < -0.39 is 13.8 Å². The second-order valence-corrected chi connectivity index (χ2v) is 40.1. The number of hydrogen-bond donors (Lipinski definition) is 0. The van der Waals surface area contributed by atoms with Crippen molar-refractivity contribution in [3.8, 4) is 11.5 Å². The van der Waals surface area contributed by atoms with Crippen molar-refractivity contribution in [1.82, 2.24) is 0 Å². The first-order chi connectivity index (χ1) is 22.5. The zero-order valence-corrected chi connectivity index (χ0v) is 32.8. The van der Waals surface area contributed by atoms with E-state index in [4.69, 9.17) is 18.9 Å². The van der Waals surface area contributed by atoms with Gasteiger partial charge in [0.05, 0.1) is 0 Å². The minimum absolute atomic E-state index is 0.0764. The Morgan fingerprint density at radius 2 is 0.872 bits per heavy atom. The quantitative estimate of drug-likeness (QED) is 0.184. The number of hydrogen-bond acceptors (Lipinski definition) is 6. The summed E-state index contributed by atoms with van der Waals surface area (Å²) in [4.78, 5) is 25.8. The number of ether oxygens (including phenoxy) is 4. The number of benzene rings is 2. The van der Waals surface area contributed by atoms with Crippen molar-refractivity contribution in [2.24, 2.45) is 47.3 Å². The van der Waals surface area contributed by atoms with Gasteiger partial charge in [-0.3, -0.25) is 0 Å². The van der Waals surface area contributed by atoms with Gasteiger partial charge in [-0.25, -0.2) is 0 Å². The minimum atomic E-state index is -3.01. The van der Waals surface area contributed by atoms with Crippen LogP contribution < -0.4 is 16.7 Å². The van der Waals surface area contributed by atoms with Crippen molar-refractivity contribution >= 4 is 58.4 Å². The molecule has 2 aromatic carbocycles. The Hall–Kier alpha value is -1.27. The Bertz CT molecular complexity index is 1340. The van der Waals surface area contributed by atoms with E-state index in [1.165, 1.54) is 64.2 Å². The first-order valence-electron chi connectivity index (χ1n) is 17.6. The summed E-state index contributed by atoms with van der Waals surface area (Å²) >= 11 is 5.06. The normalized spacial score (nSPS) is 38.2. The maximum atomic E-state index is 12.9. The molecular formula is C38H46Br2O6Te. The van der Waals surface area contributed by atoms with Crippen LogP contribution in [0.2, 0.25) is 0 Å². The summed E-state index contributed by atoms with van der Waals surface area (Å²) in [5.41, 5.74) is -0.680. The molecule has 47 heavy (non-hydrogen) atoms. The molecule has 0 N–H and O–H groups in total. The molecule has 2 aromatic rings. The van der Waals surface area contributed by atoms with Crippen molar-refractivity contribution in [2.45, 2.75) is 89.3 Å². The molecule has 0 aromatic heterocycles. The zero-order valence-electron chi connectivity index (χ0n) is 27.3. The molecule has 0 atom stereocenters. The Morgan fingerprint density at radius 3 is 1.17 bits per heavy atom. The molecule has 10 rings (SSSR count). The molecule has 0 radical (unpaired) electrons. The fraction of sp³-hybridized carbons (Fsp3) is 0.632. The molecule has 0 heterocycles. The van der Waals surface area contributed by atoms with Gasteiger partial charge in [0.15, 0.2) is 0 Å². The van der Waals surface area contributed by atoms with Gasteiger partial charge in [0.2, 0.25) is 0 Å². The SMILES string of the molecule is CC1(OC(=O)COc2ccc([Te](Br)(Br)c3ccc(OCC(=O)OC4(C)C5CC6CC(C5)CC4C6)cc3)cc2)C2CC3CC(C2)CC1C3. The van der Waals surface area contributed by atoms with Gasteiger partial charge in [0.1, 0.15) is 0 Å². The van der Waals surface area contributed by atoms with Crippen LogP contribution in [0.15, 0.2) is 48.5 Å². The summed E-state index contributed by atoms with van der Waals surface area (Å²) in [7, 11) is 0. The molecule has 8 aliphatic rings. The average Bonchev–Trinajstić information content (AvgIpc) is 3.04. The van der Waals surface area contributed by atoms with Crippen LogP contribution >= 0.6 is 25.5 Å². The molecule has 8 saturated carbocycles. The van der Waals surface area contributed by atoms with Crippen LogP contribution in [0.4, 0.5) is 0 Å². The van der Waals surface area contributed by atoms with Gasteiger partial charge < -0.3 is 0 Å². The van der Waals surface area contributed by atoms with Crippen molar-refractivity contribution in [1.29, 1.82) is 0 Å². The van der Waals surface area contributed by atoms with Gasteiger partial charge in [0.25, 0.3) is 0 Å². The van der Waals surface area contributed by atoms with E-state index in [2.05, 4.69) is 63.6 Å². The Balaban J connectivity index is 0.823. The standard InChI is InChI=1S/C38H46Br2O6Te/c1-37(27-13-23-11-24(15-27)16-28(37)14-23)45-35(41)21-43-31-3-7-33(8-4-31)47(39,40)34-9-5-32(6-10-34)44-22-36(42)46-38(2)29-17-25-12-26(19-29)20-30(38)18-25/h3-10,23-30H,11-22H2,1-2H3. The van der Waals surface area contributed by atoms with Crippen LogP contribution in [0, 0.1) is 47.3 Å². The van der Waals surface area contributed by atoms with Gasteiger partial charge in [-0.15, -0.1) is 0 Å². The van der Waals surface area contributed by atoms with Crippen LogP contribution in [0.1, 0.15) is 78.1 Å². The number of esters is 2. The Kier molecular flexibility index (Phi) is 8.75. The fourth-order valence-electron chi connectivity index (χ4n) is 11.0. The summed E-state index contributed by atoms with van der Waals surface area (Å²) in [5, 5.41) is 0. The van der Waals surface area contributed by atoms with Crippen molar-refractivity contribution < 1.29 is 28.5 Å². The van der Waals surface area contributed by atoms with E-state index in [-0.39, 0.29) is 36.4 Å². The number of halogens is 2. The first-order valence-corrected chi connectivity index (χ1v) is 30.4. The van der Waals surface area contributed by atoms with Crippen molar-refractivity contribution in [2.75, 3.05) is 13.2 Å². The topological polar surface area (TPSA) is 71.1 Å². The van der Waals surface area contributed by atoms with Gasteiger partial charge in [-0.05, 0) is 12.8 Å². The fourth-order valence-corrected chi connectivity index (χ4v) is 20.3. The first kappa shape index (κ1) is 32.9. The van der Waals surface area contributed by atoms with Crippen LogP contribution in [-0.4, -0.2) is 50.1 Å². The predicted octanol–water partition coefficient (Wildman–Crippen LogP) is 7.31. The number of carbonyl (C=O) groups excluding carboxylic acids is 2. The van der Waals surface area contributed by atoms with Crippen molar-refractivity contribution in [3.63, 3.8) is 0 Å². The molecule has 0 aliphatic heterocycles. The van der Waals surface area contributed by atoms with Gasteiger partial charge in [0, 0.05) is 0 Å². The van der Waals surface area contributed by atoms with Crippen LogP contribution in [-0.2, 0) is 19.1 Å². The van der Waals surface area contributed by atoms with Gasteiger partial charge in [-0.1, -0.05) is 0 Å². The maximum absolute atomic E-state index is 12.9. The third-order valence-corrected chi connectivity index (χ3v) is 28.1. The predicted molar refractivity (Wildman–Crippen MR) is 190 cm³/mol. The van der Waals surface area contributed by atoms with E-state index >= 15 is 0 Å². The van der Waals surface area contributed by atoms with E-state index in [9.17, 15) is 9.59 Å². The molecule has 8 bridgehead atoms. The van der Waals surface area contributed by atoms with Crippen LogP contribution in [0.25, 0.3) is 0 Å². The van der Waals surface area contributed by atoms with E-state index in [1.54, 1.807) is 0 Å². The summed E-state index contributed by atoms with van der Waals surface area (Å²) < 4.78 is 26.4. The second-order valence-electron chi connectivity index (χ2n) is 15.9. The number of carbonyl (C=O) groups is 2. The average molecular weight is 886 g/mol. The summed E-state index contributed by atoms with van der Waals surface area (Å²) in [6.45, 7) is 4.18. The summed E-state index contributed by atoms with van der Waals surface area (Å²) in [5.74, 6) is 6.09. The molecule has 0 spiro atoms. The van der Waals surface area contributed by atoms with Gasteiger partial charge >= 0.3 is 284 Å². The van der Waals surface area contributed by atoms with E-state index in [1.807, 2.05) is 24.3 Å². The molecular weight excluding hydrogens is 840 g/mol. The molecule has 0 unspecified atom stereocenters. The third-order valence-electron chi connectivity index (χ3n) is 13.1. The molecule has 6 nitrogen and oxygen atoms in total. The zero-order chi connectivity index (χ0) is 32.6. The third kappa shape index (κ3) is 6.20. The molecule has 8 fully saturated rings. The van der Waals surface area contributed by atoms with Crippen LogP contribution in [0.5, 0.6) is 11.5 Å². The molecule has 0 amide bonds. The van der Waals surface area contributed by atoms with E-state index in [0.29, 0.717) is 35.2 Å². The second kappa shape index (κ2) is 12.5. The van der Waals surface area contributed by atoms with Gasteiger partial charge in [-0.2, -0.15) is 0 Å². The Morgan fingerprint density at radius 1 is 0.574 bits per heavy atom. The molecule has 8 aliphatic carbocycles. The molecule has 0 saturated heterocycles. The number of rotatable bonds is 10. The summed E-state index contributed by atoms with van der Waals surface area (Å²) in [6, 6.07) is 15.9. The van der Waals surface area contributed by atoms with Crippen LogP contribution in [0.3, 0.4) is 0 Å². The molecule has 254 valence electrons. The Labute approximate surface area is 294 Å². The monoisotopic (exact) mass is 886 g/mol. The summed E-state index contributed by atoms with van der Waals surface area (Å²) in [6.07, 6.45) is 12.4. The van der Waals surface area contributed by atoms with E-state index in [0.717, 1.165) is 30.9 Å². The molecule has 9 heteroatoms. The van der Waals surface area contributed by atoms with Crippen molar-refractivity contribution in [3.05, 3.63) is 48.5 Å².